The molecule has 4 aromatic rings. The quantitative estimate of drug-likeness (QED) is 0.330. The molecule has 0 aliphatic rings. The van der Waals surface area contributed by atoms with Gasteiger partial charge in [0.2, 0.25) is 0 Å². The molecule has 0 atom stereocenters. The van der Waals surface area contributed by atoms with E-state index in [1.165, 1.54) is 0 Å². The van der Waals surface area contributed by atoms with Crippen LogP contribution in [0.5, 0.6) is 0 Å². The third-order valence-corrected chi connectivity index (χ3v) is 6.35. The van der Waals surface area contributed by atoms with Gasteiger partial charge in [-0.25, -0.2) is 9.59 Å². The van der Waals surface area contributed by atoms with E-state index in [4.69, 9.17) is 9.15 Å². The number of alkyl carbamates (subject to hydrolysis) is 1. The predicted molar refractivity (Wildman–Crippen MR) is 143 cm³/mol. The number of aromatic nitrogens is 2. The molecule has 0 aliphatic heterocycles. The standard InChI is InChI=1S/C28H30N4O5/c1-4-32(5-2)21-8-9-22-18(3)23(27(34)37-25(22)14-21)10-12-36-28(35)31-16-19-13-20(17-29-15-19)24-7-6-11-30-26(24)33/h6-9,11,13-15,17H,4-5,10,12,16H2,1-3H3,(H,30,33)(H,31,35). The lowest BCUT2D eigenvalue weighted by molar-refractivity contribution is 0.146. The van der Waals surface area contributed by atoms with Gasteiger partial charge < -0.3 is 24.4 Å². The molecule has 0 spiro atoms. The molecule has 3 aromatic heterocycles. The monoisotopic (exact) mass is 502 g/mol. The van der Waals surface area contributed by atoms with Crippen LogP contribution in [0.4, 0.5) is 10.5 Å². The number of amides is 1. The smallest absolute Gasteiger partial charge is 0.407 e. The summed E-state index contributed by atoms with van der Waals surface area (Å²) in [6.07, 6.45) is 4.38. The molecule has 9 nitrogen and oxygen atoms in total. The summed E-state index contributed by atoms with van der Waals surface area (Å²) >= 11 is 0. The van der Waals surface area contributed by atoms with Gasteiger partial charge in [-0.05, 0) is 62.2 Å². The summed E-state index contributed by atoms with van der Waals surface area (Å²) in [7, 11) is 0. The number of ether oxygens (including phenoxy) is 1. The molecule has 0 radical (unpaired) electrons. The van der Waals surface area contributed by atoms with Crippen LogP contribution in [0.1, 0.15) is 30.5 Å². The first-order valence-electron chi connectivity index (χ1n) is 12.2. The molecule has 3 heterocycles. The Morgan fingerprint density at radius 3 is 2.70 bits per heavy atom. The number of H-pyrrole nitrogens is 1. The first kappa shape index (κ1) is 25.7. The van der Waals surface area contributed by atoms with Crippen molar-refractivity contribution in [2.24, 2.45) is 0 Å². The second-order valence-electron chi connectivity index (χ2n) is 8.58. The first-order valence-corrected chi connectivity index (χ1v) is 12.2. The zero-order valence-corrected chi connectivity index (χ0v) is 21.2. The van der Waals surface area contributed by atoms with Gasteiger partial charge in [0.25, 0.3) is 5.56 Å². The molecule has 1 aromatic carbocycles. The van der Waals surface area contributed by atoms with Crippen LogP contribution in [-0.2, 0) is 17.7 Å². The Kier molecular flexibility index (Phi) is 8.02. The van der Waals surface area contributed by atoms with E-state index in [0.29, 0.717) is 27.8 Å². The highest BCUT2D eigenvalue weighted by Crippen LogP contribution is 2.25. The molecule has 192 valence electrons. The number of benzene rings is 1. The second kappa shape index (κ2) is 11.6. The van der Waals surface area contributed by atoms with E-state index >= 15 is 0 Å². The molecule has 0 bridgehead atoms. The summed E-state index contributed by atoms with van der Waals surface area (Å²) < 4.78 is 10.9. The number of hydrogen-bond donors (Lipinski definition) is 2. The summed E-state index contributed by atoms with van der Waals surface area (Å²) in [5.74, 6) is 0. The van der Waals surface area contributed by atoms with Gasteiger partial charge in [-0.3, -0.25) is 9.78 Å². The van der Waals surface area contributed by atoms with E-state index in [0.717, 1.165) is 29.7 Å². The topological polar surface area (TPSA) is 118 Å². The minimum atomic E-state index is -0.616. The molecule has 0 saturated heterocycles. The van der Waals surface area contributed by atoms with Gasteiger partial charge in [-0.1, -0.05) is 0 Å². The molecule has 1 amide bonds. The van der Waals surface area contributed by atoms with Crippen molar-refractivity contribution in [1.82, 2.24) is 15.3 Å². The molecule has 9 heteroatoms. The average Bonchev–Trinajstić information content (AvgIpc) is 2.90. The van der Waals surface area contributed by atoms with Crippen LogP contribution in [0.15, 0.2) is 69.0 Å². The third kappa shape index (κ3) is 5.88. The van der Waals surface area contributed by atoms with Crippen molar-refractivity contribution in [3.63, 3.8) is 0 Å². The lowest BCUT2D eigenvalue weighted by atomic mass is 10.0. The van der Waals surface area contributed by atoms with Crippen LogP contribution in [0.25, 0.3) is 22.1 Å². The lowest BCUT2D eigenvalue weighted by Gasteiger charge is -2.21. The fraction of sp³-hybridized carbons (Fsp3) is 0.286. The van der Waals surface area contributed by atoms with Gasteiger partial charge in [0.1, 0.15) is 5.58 Å². The van der Waals surface area contributed by atoms with Crippen molar-refractivity contribution in [2.45, 2.75) is 33.7 Å². The Hall–Kier alpha value is -4.40. The van der Waals surface area contributed by atoms with Gasteiger partial charge in [-0.2, -0.15) is 0 Å². The normalized spacial score (nSPS) is 10.9. The number of fused-ring (bicyclic) bond motifs is 1. The third-order valence-electron chi connectivity index (χ3n) is 6.35. The van der Waals surface area contributed by atoms with Crippen molar-refractivity contribution in [3.05, 3.63) is 92.5 Å². The summed E-state index contributed by atoms with van der Waals surface area (Å²) in [6, 6.07) is 11.1. The van der Waals surface area contributed by atoms with Crippen LogP contribution in [0, 0.1) is 6.92 Å². The highest BCUT2D eigenvalue weighted by molar-refractivity contribution is 5.84. The number of pyridine rings is 2. The Morgan fingerprint density at radius 2 is 1.95 bits per heavy atom. The number of rotatable bonds is 9. The minimum absolute atomic E-state index is 0.0259. The molecular weight excluding hydrogens is 472 g/mol. The van der Waals surface area contributed by atoms with E-state index in [9.17, 15) is 14.4 Å². The Balaban J connectivity index is 1.36. The number of carbonyl (C=O) groups is 1. The zero-order chi connectivity index (χ0) is 26.4. The van der Waals surface area contributed by atoms with Gasteiger partial charge in [0, 0.05) is 78.5 Å². The number of nitrogens with zero attached hydrogens (tertiary/aromatic N) is 2. The molecule has 0 unspecified atom stereocenters. The fourth-order valence-corrected chi connectivity index (χ4v) is 4.31. The number of aryl methyl sites for hydroxylation is 1. The van der Waals surface area contributed by atoms with Crippen LogP contribution in [-0.4, -0.2) is 35.8 Å². The van der Waals surface area contributed by atoms with Crippen LogP contribution >= 0.6 is 0 Å². The maximum absolute atomic E-state index is 12.7. The second-order valence-corrected chi connectivity index (χ2v) is 8.58. The summed E-state index contributed by atoms with van der Waals surface area (Å²) in [6.45, 7) is 7.96. The predicted octanol–water partition coefficient (Wildman–Crippen LogP) is 4.17. The van der Waals surface area contributed by atoms with E-state index in [-0.39, 0.29) is 25.1 Å². The number of nitrogens with one attached hydrogen (secondary N) is 2. The summed E-state index contributed by atoms with van der Waals surface area (Å²) in [5, 5.41) is 3.53. The summed E-state index contributed by atoms with van der Waals surface area (Å²) in [5.41, 5.74) is 4.07. The van der Waals surface area contributed by atoms with E-state index in [1.54, 1.807) is 36.8 Å². The molecule has 37 heavy (non-hydrogen) atoms. The fourth-order valence-electron chi connectivity index (χ4n) is 4.31. The number of carbonyl (C=O) groups excluding carboxylic acids is 1. The Labute approximate surface area is 214 Å². The molecule has 2 N–H and O–H groups in total. The first-order chi connectivity index (χ1) is 17.9. The zero-order valence-electron chi connectivity index (χ0n) is 21.2. The summed E-state index contributed by atoms with van der Waals surface area (Å²) in [4.78, 5) is 45.9. The van der Waals surface area contributed by atoms with E-state index < -0.39 is 11.7 Å². The number of aromatic amines is 1. The van der Waals surface area contributed by atoms with Crippen molar-refractivity contribution < 1.29 is 13.9 Å². The SMILES string of the molecule is CCN(CC)c1ccc2c(C)c(CCOC(=O)NCc3cncc(-c4ccc[nH]c4=O)c3)c(=O)oc2c1. The highest BCUT2D eigenvalue weighted by atomic mass is 16.5. The maximum Gasteiger partial charge on any atom is 0.407 e. The van der Waals surface area contributed by atoms with Crippen molar-refractivity contribution in [2.75, 3.05) is 24.6 Å². The lowest BCUT2D eigenvalue weighted by Crippen LogP contribution is -2.25. The van der Waals surface area contributed by atoms with E-state index in [1.807, 2.05) is 25.1 Å². The number of hydrogen-bond acceptors (Lipinski definition) is 7. The molecule has 0 saturated carbocycles. The van der Waals surface area contributed by atoms with Crippen molar-refractivity contribution in [1.29, 1.82) is 0 Å². The van der Waals surface area contributed by atoms with Crippen LogP contribution < -0.4 is 21.4 Å². The van der Waals surface area contributed by atoms with Crippen molar-refractivity contribution in [3.8, 4) is 11.1 Å². The van der Waals surface area contributed by atoms with Gasteiger partial charge in [0.15, 0.2) is 0 Å². The van der Waals surface area contributed by atoms with Gasteiger partial charge >= 0.3 is 11.7 Å². The number of anilines is 1. The Bertz CT molecular complexity index is 1520. The largest absolute Gasteiger partial charge is 0.449 e. The molecule has 0 fully saturated rings. The highest BCUT2D eigenvalue weighted by Gasteiger charge is 2.14. The molecule has 0 aliphatic carbocycles. The average molecular weight is 503 g/mol. The van der Waals surface area contributed by atoms with Crippen LogP contribution in [0.2, 0.25) is 0 Å². The van der Waals surface area contributed by atoms with Crippen molar-refractivity contribution >= 4 is 22.7 Å². The Morgan fingerprint density at radius 1 is 1.14 bits per heavy atom. The molecular formula is C28H30N4O5. The molecule has 4 rings (SSSR count). The minimum Gasteiger partial charge on any atom is -0.449 e. The van der Waals surface area contributed by atoms with Gasteiger partial charge in [-0.15, -0.1) is 0 Å². The maximum atomic E-state index is 12.7. The van der Waals surface area contributed by atoms with Crippen LogP contribution in [0.3, 0.4) is 0 Å². The van der Waals surface area contributed by atoms with E-state index in [2.05, 4.69) is 34.0 Å². The van der Waals surface area contributed by atoms with Gasteiger partial charge in [0.05, 0.1) is 6.61 Å².